The van der Waals surface area contributed by atoms with Gasteiger partial charge >= 0.3 is 0 Å². The fourth-order valence-electron chi connectivity index (χ4n) is 1.42. The molecule has 0 fully saturated rings. The van der Waals surface area contributed by atoms with Crippen molar-refractivity contribution in [2.75, 3.05) is 12.8 Å². The molecule has 0 aromatic carbocycles. The van der Waals surface area contributed by atoms with Gasteiger partial charge in [0.2, 0.25) is 5.88 Å². The second kappa shape index (κ2) is 4.67. The standard InChI is InChI=1S/C11H11BrN4O/c1-6-3-9(17-2)14-4-7(6)8-5-15-11(13)10(12)16-8/h3-5H,1-2H3,(H2,13,15). The number of nitrogens with zero attached hydrogens (tertiary/aromatic N) is 3. The molecule has 17 heavy (non-hydrogen) atoms. The molecule has 0 aliphatic rings. The zero-order valence-electron chi connectivity index (χ0n) is 9.44. The highest BCUT2D eigenvalue weighted by molar-refractivity contribution is 9.10. The Morgan fingerprint density at radius 2 is 2.06 bits per heavy atom. The lowest BCUT2D eigenvalue weighted by Crippen LogP contribution is -1.97. The van der Waals surface area contributed by atoms with Crippen LogP contribution in [0.4, 0.5) is 5.82 Å². The van der Waals surface area contributed by atoms with Gasteiger partial charge in [-0.15, -0.1) is 0 Å². The smallest absolute Gasteiger partial charge is 0.213 e. The maximum Gasteiger partial charge on any atom is 0.213 e. The summed E-state index contributed by atoms with van der Waals surface area (Å²) in [4.78, 5) is 12.5. The van der Waals surface area contributed by atoms with Crippen LogP contribution in [0.25, 0.3) is 11.3 Å². The van der Waals surface area contributed by atoms with Crippen LogP contribution in [0.2, 0.25) is 0 Å². The molecule has 2 N–H and O–H groups in total. The van der Waals surface area contributed by atoms with Gasteiger partial charge in [0.25, 0.3) is 0 Å². The van der Waals surface area contributed by atoms with E-state index in [9.17, 15) is 0 Å². The third-order valence-corrected chi connectivity index (χ3v) is 2.91. The normalized spacial score (nSPS) is 10.3. The number of ether oxygens (including phenoxy) is 1. The Morgan fingerprint density at radius 1 is 1.29 bits per heavy atom. The zero-order valence-corrected chi connectivity index (χ0v) is 11.0. The molecule has 2 aromatic rings. The maximum absolute atomic E-state index is 5.59. The molecule has 0 amide bonds. The first-order chi connectivity index (χ1) is 8.11. The molecule has 0 saturated carbocycles. The van der Waals surface area contributed by atoms with Crippen LogP contribution in [0.15, 0.2) is 23.1 Å². The minimum Gasteiger partial charge on any atom is -0.481 e. The first-order valence-corrected chi connectivity index (χ1v) is 5.70. The van der Waals surface area contributed by atoms with E-state index in [0.29, 0.717) is 16.3 Å². The monoisotopic (exact) mass is 294 g/mol. The van der Waals surface area contributed by atoms with Gasteiger partial charge in [0.05, 0.1) is 19.0 Å². The van der Waals surface area contributed by atoms with Crippen molar-refractivity contribution >= 4 is 21.7 Å². The number of hydrogen-bond acceptors (Lipinski definition) is 5. The predicted octanol–water partition coefficient (Wildman–Crippen LogP) is 2.20. The molecule has 0 spiro atoms. The zero-order chi connectivity index (χ0) is 12.4. The van der Waals surface area contributed by atoms with Crippen molar-refractivity contribution in [3.63, 3.8) is 0 Å². The molecule has 2 aromatic heterocycles. The quantitative estimate of drug-likeness (QED) is 0.919. The van der Waals surface area contributed by atoms with Crippen molar-refractivity contribution in [3.05, 3.63) is 28.6 Å². The predicted molar refractivity (Wildman–Crippen MR) is 68.7 cm³/mol. The van der Waals surface area contributed by atoms with Crippen LogP contribution >= 0.6 is 15.9 Å². The Labute approximate surface area is 107 Å². The second-order valence-corrected chi connectivity index (χ2v) is 4.22. The van der Waals surface area contributed by atoms with E-state index in [0.717, 1.165) is 16.8 Å². The number of aromatic nitrogens is 3. The molecule has 0 aliphatic heterocycles. The third kappa shape index (κ3) is 2.36. The third-order valence-electron chi connectivity index (χ3n) is 2.33. The highest BCUT2D eigenvalue weighted by Crippen LogP contribution is 2.25. The summed E-state index contributed by atoms with van der Waals surface area (Å²) in [6, 6.07) is 1.85. The molecule has 2 rings (SSSR count). The number of pyridine rings is 1. The molecule has 0 radical (unpaired) electrons. The van der Waals surface area contributed by atoms with Crippen LogP contribution in [-0.4, -0.2) is 22.1 Å². The fraction of sp³-hybridized carbons (Fsp3) is 0.182. The van der Waals surface area contributed by atoms with Gasteiger partial charge in [-0.3, -0.25) is 0 Å². The fourth-order valence-corrected chi connectivity index (χ4v) is 1.71. The Kier molecular flexibility index (Phi) is 3.23. The highest BCUT2D eigenvalue weighted by Gasteiger charge is 2.08. The van der Waals surface area contributed by atoms with E-state index in [2.05, 4.69) is 30.9 Å². The van der Waals surface area contributed by atoms with Gasteiger partial charge < -0.3 is 10.5 Å². The van der Waals surface area contributed by atoms with Gasteiger partial charge in [0, 0.05) is 17.8 Å². The summed E-state index contributed by atoms with van der Waals surface area (Å²) < 4.78 is 5.58. The van der Waals surface area contributed by atoms with Gasteiger partial charge in [-0.2, -0.15) is 0 Å². The first kappa shape index (κ1) is 11.8. The average Bonchev–Trinajstić information content (AvgIpc) is 2.32. The van der Waals surface area contributed by atoms with Crippen molar-refractivity contribution in [3.8, 4) is 17.1 Å². The van der Waals surface area contributed by atoms with Crippen molar-refractivity contribution in [2.24, 2.45) is 0 Å². The Hall–Kier alpha value is -1.69. The highest BCUT2D eigenvalue weighted by atomic mass is 79.9. The molecule has 5 nitrogen and oxygen atoms in total. The minimum atomic E-state index is 0.368. The SMILES string of the molecule is COc1cc(C)c(-c2cnc(N)c(Br)n2)cn1. The molecular formula is C11H11BrN4O. The number of halogens is 1. The Balaban J connectivity index is 2.49. The topological polar surface area (TPSA) is 73.9 Å². The molecule has 2 heterocycles. The van der Waals surface area contributed by atoms with Gasteiger partial charge in [-0.1, -0.05) is 0 Å². The summed E-state index contributed by atoms with van der Waals surface area (Å²) in [5, 5.41) is 0. The summed E-state index contributed by atoms with van der Waals surface area (Å²) in [6.45, 7) is 1.96. The number of rotatable bonds is 2. The van der Waals surface area contributed by atoms with Gasteiger partial charge in [0.15, 0.2) is 5.82 Å². The Morgan fingerprint density at radius 3 is 2.65 bits per heavy atom. The molecular weight excluding hydrogens is 284 g/mol. The van der Waals surface area contributed by atoms with E-state index in [-0.39, 0.29) is 0 Å². The maximum atomic E-state index is 5.59. The molecule has 0 unspecified atom stereocenters. The van der Waals surface area contributed by atoms with E-state index in [1.54, 1.807) is 19.5 Å². The molecule has 0 saturated heterocycles. The number of nitrogen functional groups attached to an aromatic ring is 1. The number of hydrogen-bond donors (Lipinski definition) is 1. The van der Waals surface area contributed by atoms with Crippen molar-refractivity contribution < 1.29 is 4.74 Å². The number of nitrogens with two attached hydrogens (primary N) is 1. The minimum absolute atomic E-state index is 0.368. The van der Waals surface area contributed by atoms with Gasteiger partial charge in [0.1, 0.15) is 4.60 Å². The van der Waals surface area contributed by atoms with Gasteiger partial charge in [-0.25, -0.2) is 15.0 Å². The van der Waals surface area contributed by atoms with Crippen LogP contribution in [0.1, 0.15) is 5.56 Å². The molecule has 0 aliphatic carbocycles. The molecule has 0 bridgehead atoms. The van der Waals surface area contributed by atoms with Crippen LogP contribution in [0.5, 0.6) is 5.88 Å². The van der Waals surface area contributed by atoms with E-state index < -0.39 is 0 Å². The lowest BCUT2D eigenvalue weighted by atomic mass is 10.1. The second-order valence-electron chi connectivity index (χ2n) is 3.47. The van der Waals surface area contributed by atoms with Crippen molar-refractivity contribution in [2.45, 2.75) is 6.92 Å². The lowest BCUT2D eigenvalue weighted by Gasteiger charge is -2.07. The summed E-state index contributed by atoms with van der Waals surface area (Å²) in [5.41, 5.74) is 8.23. The number of methoxy groups -OCH3 is 1. The Bertz CT molecular complexity index is 559. The summed E-state index contributed by atoms with van der Waals surface area (Å²) in [5.74, 6) is 0.946. The van der Waals surface area contributed by atoms with E-state index in [1.165, 1.54) is 0 Å². The van der Waals surface area contributed by atoms with E-state index >= 15 is 0 Å². The lowest BCUT2D eigenvalue weighted by molar-refractivity contribution is 0.397. The molecule has 0 atom stereocenters. The van der Waals surface area contributed by atoms with Crippen LogP contribution in [-0.2, 0) is 0 Å². The number of anilines is 1. The largest absolute Gasteiger partial charge is 0.481 e. The van der Waals surface area contributed by atoms with E-state index in [4.69, 9.17) is 10.5 Å². The molecule has 6 heteroatoms. The summed E-state index contributed by atoms with van der Waals surface area (Å²) in [7, 11) is 1.58. The van der Waals surface area contributed by atoms with Crippen molar-refractivity contribution in [1.82, 2.24) is 15.0 Å². The first-order valence-electron chi connectivity index (χ1n) is 4.91. The molecule has 88 valence electrons. The van der Waals surface area contributed by atoms with Crippen LogP contribution in [0, 0.1) is 6.92 Å². The summed E-state index contributed by atoms with van der Waals surface area (Å²) in [6.07, 6.45) is 3.33. The summed E-state index contributed by atoms with van der Waals surface area (Å²) >= 11 is 3.25. The average molecular weight is 295 g/mol. The van der Waals surface area contributed by atoms with Crippen LogP contribution < -0.4 is 10.5 Å². The number of aryl methyl sites for hydroxylation is 1. The van der Waals surface area contributed by atoms with Crippen LogP contribution in [0.3, 0.4) is 0 Å². The van der Waals surface area contributed by atoms with Gasteiger partial charge in [-0.05, 0) is 28.4 Å². The van der Waals surface area contributed by atoms with E-state index in [1.807, 2.05) is 13.0 Å². The van der Waals surface area contributed by atoms with Crippen molar-refractivity contribution in [1.29, 1.82) is 0 Å².